The number of anilines is 3. The highest BCUT2D eigenvalue weighted by atomic mass is 28.3. The molecule has 3 aliphatic heterocycles. The van der Waals surface area contributed by atoms with Crippen LogP contribution < -0.4 is 25.6 Å². The molecule has 0 N–H and O–H groups in total. The lowest BCUT2D eigenvalue weighted by Gasteiger charge is -2.52. The Labute approximate surface area is 371 Å². The van der Waals surface area contributed by atoms with Gasteiger partial charge in [0.25, 0.3) is 0 Å². The predicted molar refractivity (Wildman–Crippen MR) is 264 cm³/mol. The van der Waals surface area contributed by atoms with Crippen LogP contribution in [0.15, 0.2) is 200 Å². The van der Waals surface area contributed by atoms with Crippen LogP contribution in [0.4, 0.5) is 17.1 Å². The summed E-state index contributed by atoms with van der Waals surface area (Å²) < 4.78 is 0. The van der Waals surface area contributed by atoms with Gasteiger partial charge in [0, 0.05) is 16.5 Å². The maximum atomic E-state index is 2.65. The fourth-order valence-corrected chi connectivity index (χ4v) is 19.2. The summed E-state index contributed by atoms with van der Waals surface area (Å²) in [7, 11) is -2.82. The van der Waals surface area contributed by atoms with E-state index in [2.05, 4.69) is 233 Å². The summed E-state index contributed by atoms with van der Waals surface area (Å²) in [6, 6.07) is 77.7. The van der Waals surface area contributed by atoms with E-state index in [0.29, 0.717) is 0 Å². The monoisotopic (exact) mass is 819 g/mol. The van der Waals surface area contributed by atoms with Gasteiger partial charge in [-0.1, -0.05) is 198 Å². The molecule has 5 aliphatic rings. The molecule has 0 aromatic heterocycles. The van der Waals surface area contributed by atoms with E-state index < -0.39 is 13.5 Å². The van der Waals surface area contributed by atoms with Crippen LogP contribution in [0, 0.1) is 0 Å². The Morgan fingerprint density at radius 3 is 1.32 bits per heavy atom. The minimum atomic E-state index is -2.82. The summed E-state index contributed by atoms with van der Waals surface area (Å²) in [4.78, 5) is 2.60. The molecule has 0 saturated heterocycles. The fraction of sp³-hybridized carbons (Fsp3) is 0.115. The Balaban J connectivity index is 1.07. The molecule has 63 heavy (non-hydrogen) atoms. The molecule has 9 aromatic rings. The molecule has 0 saturated carbocycles. The Kier molecular flexibility index (Phi) is 6.73. The van der Waals surface area contributed by atoms with E-state index >= 15 is 0 Å². The van der Waals surface area contributed by atoms with Gasteiger partial charge in [-0.15, -0.1) is 0 Å². The van der Waals surface area contributed by atoms with Crippen molar-refractivity contribution in [2.24, 2.45) is 0 Å². The van der Waals surface area contributed by atoms with E-state index in [1.165, 1.54) is 116 Å². The molecule has 0 bridgehead atoms. The van der Waals surface area contributed by atoms with E-state index in [4.69, 9.17) is 0 Å². The van der Waals surface area contributed by atoms with Crippen molar-refractivity contribution >= 4 is 45.9 Å². The number of hydrogen-bond acceptors (Lipinski definition) is 1. The van der Waals surface area contributed by atoms with Gasteiger partial charge in [-0.3, -0.25) is 0 Å². The number of nitrogens with zero attached hydrogens (tertiary/aromatic N) is 1. The molecule has 0 amide bonds. The third-order valence-corrected chi connectivity index (χ3v) is 21.1. The van der Waals surface area contributed by atoms with Gasteiger partial charge in [0.15, 0.2) is 8.07 Å². The van der Waals surface area contributed by atoms with Crippen LogP contribution in [0.3, 0.4) is 0 Å². The minimum absolute atomic E-state index is 0.0907. The van der Waals surface area contributed by atoms with Gasteiger partial charge < -0.3 is 4.90 Å². The maximum Gasteiger partial charge on any atom is 0.182 e. The molecule has 9 aromatic carbocycles. The summed E-state index contributed by atoms with van der Waals surface area (Å²) in [6.07, 6.45) is 0. The first-order chi connectivity index (χ1) is 30.8. The molecule has 0 unspecified atom stereocenters. The molecule has 0 radical (unpaired) electrons. The van der Waals surface area contributed by atoms with E-state index in [0.717, 1.165) is 0 Å². The van der Waals surface area contributed by atoms with Crippen molar-refractivity contribution in [3.8, 4) is 33.4 Å². The van der Waals surface area contributed by atoms with Crippen LogP contribution in [0.1, 0.15) is 72.2 Å². The van der Waals surface area contributed by atoms with Gasteiger partial charge in [0.05, 0.1) is 16.8 Å². The molecule has 1 nitrogen and oxygen atoms in total. The number of rotatable bonds is 1. The number of benzene rings is 9. The Hall–Kier alpha value is -7.00. The topological polar surface area (TPSA) is 3.24 Å². The van der Waals surface area contributed by atoms with Gasteiger partial charge in [-0.2, -0.15) is 0 Å². The lowest BCUT2D eigenvalue weighted by atomic mass is 9.53. The highest BCUT2D eigenvalue weighted by molar-refractivity contribution is 7.24. The lowest BCUT2D eigenvalue weighted by molar-refractivity contribution is 0.556. The summed E-state index contributed by atoms with van der Waals surface area (Å²) in [6.45, 7) is 9.64. The second kappa shape index (κ2) is 11.9. The summed E-state index contributed by atoms with van der Waals surface area (Å²) >= 11 is 0. The molecule has 3 heterocycles. The summed E-state index contributed by atoms with van der Waals surface area (Å²) in [5, 5.41) is 6.03. The molecule has 0 fully saturated rings. The van der Waals surface area contributed by atoms with Gasteiger partial charge in [0.2, 0.25) is 0 Å². The third kappa shape index (κ3) is 4.06. The Morgan fingerprint density at radius 2 is 0.730 bits per heavy atom. The molecular weight excluding hydrogens is 775 g/mol. The zero-order chi connectivity index (χ0) is 42.0. The van der Waals surface area contributed by atoms with Crippen molar-refractivity contribution in [3.05, 3.63) is 245 Å². The number of fused-ring (bicyclic) bond motifs is 21. The number of hydrogen-bond donors (Lipinski definition) is 0. The van der Waals surface area contributed by atoms with Crippen LogP contribution in [-0.4, -0.2) is 8.07 Å². The minimum Gasteiger partial charge on any atom is -0.310 e. The Morgan fingerprint density at radius 1 is 0.302 bits per heavy atom. The first-order valence-electron chi connectivity index (χ1n) is 22.6. The maximum absolute atomic E-state index is 2.82. The number of para-hydroxylation sites is 2. The molecule has 298 valence electrons. The standard InChI is InChI=1S/C61H45NSi/c1-59(2)45-22-8-5-19-39(45)43-37-58-44(36-52(43)59)42-34-33-38(35-57(42)63(58)55-31-17-6-20-40(55)41-21-7-18-32-56(41)63)62-53-29-15-13-27-50(53)61(51-28-14-16-30-54(51)62)48-25-11-9-23-46(48)60(3,4)47-24-10-12-26-49(47)61/h5-37H,1-4H3. The van der Waals surface area contributed by atoms with E-state index in [1.807, 2.05) is 0 Å². The molecule has 2 heteroatoms. The van der Waals surface area contributed by atoms with Crippen molar-refractivity contribution in [3.63, 3.8) is 0 Å². The SMILES string of the molecule is CC1(C)c2ccccc2-c2cc3c(cc21)-c1ccc(N2c4ccccc4C4(c5ccccc52)c2ccccc2C(C)(C)c2ccccc24)cc1[Si]31c2ccccc2-c2ccccc21. The second-order valence-corrected chi connectivity index (χ2v) is 23.2. The van der Waals surface area contributed by atoms with Crippen molar-refractivity contribution in [1.29, 1.82) is 0 Å². The quantitative estimate of drug-likeness (QED) is 0.149. The molecule has 14 rings (SSSR count). The van der Waals surface area contributed by atoms with Crippen LogP contribution in [0.2, 0.25) is 0 Å². The average Bonchev–Trinajstić information content (AvgIpc) is 3.87. The largest absolute Gasteiger partial charge is 0.310 e. The first kappa shape index (κ1) is 35.6. The van der Waals surface area contributed by atoms with E-state index in [1.54, 1.807) is 0 Å². The van der Waals surface area contributed by atoms with Crippen molar-refractivity contribution in [2.75, 3.05) is 4.90 Å². The van der Waals surface area contributed by atoms with Gasteiger partial charge in [0.1, 0.15) is 0 Å². The third-order valence-electron chi connectivity index (χ3n) is 16.1. The zero-order valence-corrected chi connectivity index (χ0v) is 37.0. The normalized spacial score (nSPS) is 17.0. The highest BCUT2D eigenvalue weighted by Crippen LogP contribution is 2.63. The first-order valence-corrected chi connectivity index (χ1v) is 24.6. The zero-order valence-electron chi connectivity index (χ0n) is 36.0. The van der Waals surface area contributed by atoms with Crippen LogP contribution in [0.25, 0.3) is 33.4 Å². The van der Waals surface area contributed by atoms with Gasteiger partial charge in [-0.05, 0) is 129 Å². The van der Waals surface area contributed by atoms with Crippen molar-refractivity contribution < 1.29 is 0 Å². The second-order valence-electron chi connectivity index (χ2n) is 19.5. The van der Waals surface area contributed by atoms with Crippen molar-refractivity contribution in [1.82, 2.24) is 0 Å². The van der Waals surface area contributed by atoms with E-state index in [9.17, 15) is 0 Å². The van der Waals surface area contributed by atoms with Gasteiger partial charge >= 0.3 is 0 Å². The molecule has 2 spiro atoms. The van der Waals surface area contributed by atoms with Crippen LogP contribution >= 0.6 is 0 Å². The van der Waals surface area contributed by atoms with Crippen molar-refractivity contribution in [2.45, 2.75) is 43.9 Å². The van der Waals surface area contributed by atoms with E-state index in [-0.39, 0.29) is 10.8 Å². The van der Waals surface area contributed by atoms with Gasteiger partial charge in [-0.25, -0.2) is 0 Å². The highest BCUT2D eigenvalue weighted by Gasteiger charge is 2.57. The molecular formula is C61H45NSi. The smallest absolute Gasteiger partial charge is 0.182 e. The summed E-state index contributed by atoms with van der Waals surface area (Å²) in [5.41, 5.74) is 22.3. The Bertz CT molecular complexity index is 3350. The van der Waals surface area contributed by atoms with Crippen LogP contribution in [0.5, 0.6) is 0 Å². The summed E-state index contributed by atoms with van der Waals surface area (Å²) in [5.74, 6) is 0. The molecule has 2 aliphatic carbocycles. The average molecular weight is 820 g/mol. The van der Waals surface area contributed by atoms with Crippen LogP contribution in [-0.2, 0) is 16.2 Å². The lowest BCUT2D eigenvalue weighted by Crippen LogP contribution is -2.70. The predicted octanol–water partition coefficient (Wildman–Crippen LogP) is 12.1. The fourth-order valence-electron chi connectivity index (χ4n) is 13.6. The molecule has 0 atom stereocenters.